The predicted molar refractivity (Wildman–Crippen MR) is 65.0 cm³/mol. The SMILES string of the molecule is CNc1ccn([C@H]2CCC(CS)O2)c(=O)n1. The van der Waals surface area contributed by atoms with Gasteiger partial charge in [0, 0.05) is 19.0 Å². The van der Waals surface area contributed by atoms with Crippen molar-refractivity contribution in [2.75, 3.05) is 18.1 Å². The van der Waals surface area contributed by atoms with E-state index in [1.54, 1.807) is 19.3 Å². The highest BCUT2D eigenvalue weighted by Gasteiger charge is 2.26. The molecule has 1 aliphatic rings. The van der Waals surface area contributed by atoms with Crippen LogP contribution in [0, 0.1) is 0 Å². The van der Waals surface area contributed by atoms with Gasteiger partial charge in [-0.2, -0.15) is 17.6 Å². The highest BCUT2D eigenvalue weighted by Crippen LogP contribution is 2.27. The fourth-order valence-corrected chi connectivity index (χ4v) is 2.07. The molecule has 2 rings (SSSR count). The molecule has 88 valence electrons. The van der Waals surface area contributed by atoms with Gasteiger partial charge in [0.05, 0.1) is 6.10 Å². The summed E-state index contributed by atoms with van der Waals surface area (Å²) in [5, 5.41) is 2.83. The lowest BCUT2D eigenvalue weighted by Gasteiger charge is -2.14. The van der Waals surface area contributed by atoms with E-state index in [9.17, 15) is 4.79 Å². The van der Waals surface area contributed by atoms with Crippen molar-refractivity contribution in [2.24, 2.45) is 0 Å². The second-order valence-corrected chi connectivity index (χ2v) is 4.09. The first kappa shape index (κ1) is 11.5. The topological polar surface area (TPSA) is 56.2 Å². The number of rotatable bonds is 3. The molecule has 5 nitrogen and oxygen atoms in total. The quantitative estimate of drug-likeness (QED) is 0.772. The van der Waals surface area contributed by atoms with Crippen LogP contribution >= 0.6 is 12.6 Å². The van der Waals surface area contributed by atoms with Crippen LogP contribution in [0.5, 0.6) is 0 Å². The van der Waals surface area contributed by atoms with Crippen LogP contribution < -0.4 is 11.0 Å². The zero-order valence-corrected chi connectivity index (χ0v) is 9.98. The number of nitrogens with zero attached hydrogens (tertiary/aromatic N) is 2. The van der Waals surface area contributed by atoms with Gasteiger partial charge >= 0.3 is 5.69 Å². The Labute approximate surface area is 99.2 Å². The Morgan fingerprint density at radius 1 is 1.69 bits per heavy atom. The largest absolute Gasteiger partial charge is 0.373 e. The predicted octanol–water partition coefficient (Wildman–Crippen LogP) is 0.892. The lowest BCUT2D eigenvalue weighted by Crippen LogP contribution is -2.27. The third-order valence-electron chi connectivity index (χ3n) is 2.69. The standard InChI is InChI=1S/C10H15N3O2S/c1-11-8-4-5-13(10(14)12-8)9-3-2-7(6-16)15-9/h4-5,7,9,16H,2-3,6H2,1H3,(H,11,12,14)/t7?,9-/m1/s1. The summed E-state index contributed by atoms with van der Waals surface area (Å²) >= 11 is 4.19. The normalized spacial score (nSPS) is 24.6. The number of ether oxygens (including phenoxy) is 1. The monoisotopic (exact) mass is 241 g/mol. The van der Waals surface area contributed by atoms with Gasteiger partial charge < -0.3 is 10.1 Å². The molecule has 1 saturated heterocycles. The van der Waals surface area contributed by atoms with Gasteiger partial charge in [-0.3, -0.25) is 4.57 Å². The van der Waals surface area contributed by atoms with Crippen LogP contribution in [0.1, 0.15) is 19.1 Å². The summed E-state index contributed by atoms with van der Waals surface area (Å²) < 4.78 is 7.21. The summed E-state index contributed by atoms with van der Waals surface area (Å²) in [6, 6.07) is 1.76. The first-order chi connectivity index (χ1) is 7.74. The molecule has 0 saturated carbocycles. The Morgan fingerprint density at radius 2 is 2.50 bits per heavy atom. The van der Waals surface area contributed by atoms with Crippen molar-refractivity contribution in [3.05, 3.63) is 22.7 Å². The average Bonchev–Trinajstić information content (AvgIpc) is 2.77. The molecular formula is C10H15N3O2S. The maximum absolute atomic E-state index is 11.7. The molecule has 0 bridgehead atoms. The van der Waals surface area contributed by atoms with Crippen LogP contribution in [0.15, 0.2) is 17.1 Å². The van der Waals surface area contributed by atoms with Gasteiger partial charge in [-0.15, -0.1) is 0 Å². The lowest BCUT2D eigenvalue weighted by atomic mass is 10.2. The maximum atomic E-state index is 11.7. The summed E-state index contributed by atoms with van der Waals surface area (Å²) in [7, 11) is 1.73. The zero-order valence-electron chi connectivity index (χ0n) is 9.09. The number of hydrogen-bond donors (Lipinski definition) is 2. The van der Waals surface area contributed by atoms with Gasteiger partial charge in [0.1, 0.15) is 12.0 Å². The van der Waals surface area contributed by atoms with E-state index in [0.717, 1.165) is 12.8 Å². The minimum atomic E-state index is -0.281. The van der Waals surface area contributed by atoms with E-state index in [0.29, 0.717) is 11.6 Å². The van der Waals surface area contributed by atoms with Gasteiger partial charge in [0.15, 0.2) is 0 Å². The van der Waals surface area contributed by atoms with E-state index in [1.807, 2.05) is 0 Å². The fraction of sp³-hybridized carbons (Fsp3) is 0.600. The smallest absolute Gasteiger partial charge is 0.351 e. The molecule has 2 atom stereocenters. The molecule has 0 spiro atoms. The number of aromatic nitrogens is 2. The molecule has 1 aromatic heterocycles. The van der Waals surface area contributed by atoms with Gasteiger partial charge in [-0.25, -0.2) is 4.79 Å². The minimum absolute atomic E-state index is 0.143. The summed E-state index contributed by atoms with van der Waals surface area (Å²) in [6.07, 6.45) is 3.44. The molecule has 6 heteroatoms. The van der Waals surface area contributed by atoms with Crippen LogP contribution in [0.25, 0.3) is 0 Å². The van der Waals surface area contributed by atoms with Crippen molar-refractivity contribution < 1.29 is 4.74 Å². The molecule has 2 heterocycles. The van der Waals surface area contributed by atoms with E-state index in [2.05, 4.69) is 22.9 Å². The third kappa shape index (κ3) is 2.22. The lowest BCUT2D eigenvalue weighted by molar-refractivity contribution is 0.0103. The Bertz CT molecular complexity index is 421. The summed E-state index contributed by atoms with van der Waals surface area (Å²) in [4.78, 5) is 15.6. The fourth-order valence-electron chi connectivity index (χ4n) is 1.80. The van der Waals surface area contributed by atoms with Crippen molar-refractivity contribution in [3.8, 4) is 0 Å². The Balaban J connectivity index is 2.19. The van der Waals surface area contributed by atoms with Crippen LogP contribution in [0.3, 0.4) is 0 Å². The van der Waals surface area contributed by atoms with Gasteiger partial charge in [-0.05, 0) is 18.9 Å². The van der Waals surface area contributed by atoms with E-state index in [1.165, 1.54) is 4.57 Å². The Morgan fingerprint density at radius 3 is 3.06 bits per heavy atom. The van der Waals surface area contributed by atoms with Crippen molar-refractivity contribution in [1.82, 2.24) is 9.55 Å². The second kappa shape index (κ2) is 4.88. The maximum Gasteiger partial charge on any atom is 0.351 e. The third-order valence-corrected chi connectivity index (χ3v) is 3.09. The van der Waals surface area contributed by atoms with E-state index in [-0.39, 0.29) is 18.0 Å². The number of anilines is 1. The first-order valence-corrected chi connectivity index (χ1v) is 5.91. The molecule has 0 amide bonds. The molecule has 1 aliphatic heterocycles. The van der Waals surface area contributed by atoms with Crippen LogP contribution in [0.4, 0.5) is 5.82 Å². The van der Waals surface area contributed by atoms with E-state index < -0.39 is 0 Å². The zero-order chi connectivity index (χ0) is 11.5. The second-order valence-electron chi connectivity index (χ2n) is 3.73. The van der Waals surface area contributed by atoms with Gasteiger partial charge in [0.2, 0.25) is 0 Å². The molecule has 1 unspecified atom stereocenters. The van der Waals surface area contributed by atoms with E-state index >= 15 is 0 Å². The first-order valence-electron chi connectivity index (χ1n) is 5.28. The highest BCUT2D eigenvalue weighted by atomic mass is 32.1. The Kier molecular flexibility index (Phi) is 3.50. The summed E-state index contributed by atoms with van der Waals surface area (Å²) in [5.74, 6) is 1.26. The summed E-state index contributed by atoms with van der Waals surface area (Å²) in [6.45, 7) is 0. The average molecular weight is 241 g/mol. The van der Waals surface area contributed by atoms with Crippen molar-refractivity contribution in [3.63, 3.8) is 0 Å². The molecule has 16 heavy (non-hydrogen) atoms. The van der Waals surface area contributed by atoms with Crippen molar-refractivity contribution in [1.29, 1.82) is 0 Å². The molecule has 0 radical (unpaired) electrons. The van der Waals surface area contributed by atoms with Gasteiger partial charge in [0.25, 0.3) is 0 Å². The van der Waals surface area contributed by atoms with Gasteiger partial charge in [-0.1, -0.05) is 0 Å². The van der Waals surface area contributed by atoms with Crippen molar-refractivity contribution >= 4 is 18.4 Å². The summed E-state index contributed by atoms with van der Waals surface area (Å²) in [5.41, 5.74) is -0.281. The van der Waals surface area contributed by atoms with Crippen LogP contribution in [-0.2, 0) is 4.74 Å². The molecule has 1 N–H and O–H groups in total. The highest BCUT2D eigenvalue weighted by molar-refractivity contribution is 7.80. The van der Waals surface area contributed by atoms with Crippen LogP contribution in [0.2, 0.25) is 0 Å². The molecule has 0 aliphatic carbocycles. The van der Waals surface area contributed by atoms with E-state index in [4.69, 9.17) is 4.74 Å². The molecular weight excluding hydrogens is 226 g/mol. The molecule has 1 aromatic rings. The molecule has 1 fully saturated rings. The number of thiol groups is 1. The minimum Gasteiger partial charge on any atom is -0.373 e. The van der Waals surface area contributed by atoms with Crippen LogP contribution in [-0.4, -0.2) is 28.5 Å². The Hall–Kier alpha value is -1.01. The number of nitrogens with one attached hydrogen (secondary N) is 1. The van der Waals surface area contributed by atoms with Crippen molar-refractivity contribution in [2.45, 2.75) is 25.2 Å². The molecule has 0 aromatic carbocycles. The number of hydrogen-bond acceptors (Lipinski definition) is 5.